The summed E-state index contributed by atoms with van der Waals surface area (Å²) in [6.45, 7) is 5.68. The van der Waals surface area contributed by atoms with Crippen LogP contribution in [0.1, 0.15) is 19.8 Å². The van der Waals surface area contributed by atoms with E-state index >= 15 is 0 Å². The third kappa shape index (κ3) is 4.74. The molecule has 0 radical (unpaired) electrons. The first-order valence-electron chi connectivity index (χ1n) is 5.25. The standard InChI is InChI=1S/C10H16N4OS2/c1-4-6-7(5-2)11-8(15)12-9-13-10(16-3)14-17-9/h4,7H,1,5-6H2,2-3H3,(H2,11,12,13,14,15)/t7-/m0/s1. The molecule has 0 aliphatic heterocycles. The van der Waals surface area contributed by atoms with Crippen LogP contribution in [0.25, 0.3) is 0 Å². The third-order valence-electron chi connectivity index (χ3n) is 2.09. The zero-order valence-electron chi connectivity index (χ0n) is 9.90. The summed E-state index contributed by atoms with van der Waals surface area (Å²) in [5.41, 5.74) is 0. The number of carbonyl (C=O) groups is 1. The minimum absolute atomic E-state index is 0.112. The highest BCUT2D eigenvalue weighted by Crippen LogP contribution is 2.17. The molecular weight excluding hydrogens is 256 g/mol. The van der Waals surface area contributed by atoms with E-state index in [1.54, 1.807) is 6.08 Å². The molecule has 0 aliphatic carbocycles. The SMILES string of the molecule is C=CC[C@H](CC)NC(=O)Nc1nc(SC)ns1. The molecule has 17 heavy (non-hydrogen) atoms. The Hall–Kier alpha value is -1.08. The van der Waals surface area contributed by atoms with Crippen LogP contribution in [-0.4, -0.2) is 27.7 Å². The molecule has 0 unspecified atom stereocenters. The number of nitrogens with zero attached hydrogens (tertiary/aromatic N) is 2. The lowest BCUT2D eigenvalue weighted by atomic mass is 10.1. The van der Waals surface area contributed by atoms with Gasteiger partial charge in [0, 0.05) is 17.6 Å². The molecule has 1 atom stereocenters. The van der Waals surface area contributed by atoms with E-state index in [1.165, 1.54) is 23.3 Å². The highest BCUT2D eigenvalue weighted by Gasteiger charge is 2.11. The van der Waals surface area contributed by atoms with E-state index in [1.807, 2.05) is 13.2 Å². The number of hydrogen-bond donors (Lipinski definition) is 2. The first kappa shape index (κ1) is 14.0. The van der Waals surface area contributed by atoms with E-state index in [0.717, 1.165) is 12.8 Å². The molecule has 1 heterocycles. The maximum Gasteiger partial charge on any atom is 0.321 e. The highest BCUT2D eigenvalue weighted by atomic mass is 32.2. The molecule has 1 aromatic rings. The number of aromatic nitrogens is 2. The van der Waals surface area contributed by atoms with Gasteiger partial charge in [0.2, 0.25) is 10.3 Å². The van der Waals surface area contributed by atoms with Crippen LogP contribution in [0.3, 0.4) is 0 Å². The molecule has 2 N–H and O–H groups in total. The summed E-state index contributed by atoms with van der Waals surface area (Å²) in [4.78, 5) is 15.8. The minimum Gasteiger partial charge on any atom is -0.335 e. The van der Waals surface area contributed by atoms with Gasteiger partial charge in [-0.1, -0.05) is 24.8 Å². The zero-order valence-corrected chi connectivity index (χ0v) is 11.5. The molecule has 0 spiro atoms. The third-order valence-corrected chi connectivity index (χ3v) is 3.38. The molecule has 0 saturated heterocycles. The van der Waals surface area contributed by atoms with Gasteiger partial charge in [0.1, 0.15) is 0 Å². The van der Waals surface area contributed by atoms with Gasteiger partial charge in [0.25, 0.3) is 0 Å². The average Bonchev–Trinajstić information content (AvgIpc) is 2.76. The monoisotopic (exact) mass is 272 g/mol. The second kappa shape index (κ2) is 7.29. The van der Waals surface area contributed by atoms with Crippen LogP contribution in [0, 0.1) is 0 Å². The zero-order chi connectivity index (χ0) is 12.7. The van der Waals surface area contributed by atoms with Gasteiger partial charge in [-0.25, -0.2) is 4.79 Å². The number of nitrogens with one attached hydrogen (secondary N) is 2. The summed E-state index contributed by atoms with van der Waals surface area (Å²) in [5, 5.41) is 6.71. The van der Waals surface area contributed by atoms with E-state index < -0.39 is 0 Å². The van der Waals surface area contributed by atoms with Gasteiger partial charge in [-0.2, -0.15) is 9.36 Å². The van der Waals surface area contributed by atoms with Crippen molar-refractivity contribution in [3.8, 4) is 0 Å². The van der Waals surface area contributed by atoms with Gasteiger partial charge in [0.05, 0.1) is 0 Å². The number of amides is 2. The van der Waals surface area contributed by atoms with Crippen LogP contribution >= 0.6 is 23.3 Å². The van der Waals surface area contributed by atoms with Crippen LogP contribution in [0.5, 0.6) is 0 Å². The van der Waals surface area contributed by atoms with Crippen LogP contribution in [0.4, 0.5) is 9.93 Å². The summed E-state index contributed by atoms with van der Waals surface area (Å²) < 4.78 is 4.06. The van der Waals surface area contributed by atoms with Crippen molar-refractivity contribution in [3.63, 3.8) is 0 Å². The average molecular weight is 272 g/mol. The molecule has 1 rings (SSSR count). The van der Waals surface area contributed by atoms with Crippen LogP contribution in [-0.2, 0) is 0 Å². The Kier molecular flexibility index (Phi) is 5.99. The molecule has 94 valence electrons. The van der Waals surface area contributed by atoms with E-state index in [9.17, 15) is 4.79 Å². The van der Waals surface area contributed by atoms with Crippen molar-refractivity contribution in [2.45, 2.75) is 31.0 Å². The van der Waals surface area contributed by atoms with Crippen molar-refractivity contribution in [1.29, 1.82) is 0 Å². The van der Waals surface area contributed by atoms with Gasteiger partial charge >= 0.3 is 6.03 Å². The smallest absolute Gasteiger partial charge is 0.321 e. The first-order valence-corrected chi connectivity index (χ1v) is 7.25. The molecule has 0 fully saturated rings. The maximum atomic E-state index is 11.6. The van der Waals surface area contributed by atoms with Gasteiger partial charge in [-0.05, 0) is 19.1 Å². The minimum atomic E-state index is -0.248. The molecule has 0 bridgehead atoms. The van der Waals surface area contributed by atoms with E-state index in [0.29, 0.717) is 10.3 Å². The second-order valence-corrected chi connectivity index (χ2v) is 4.84. The molecule has 1 aromatic heterocycles. The van der Waals surface area contributed by atoms with Crippen molar-refractivity contribution in [3.05, 3.63) is 12.7 Å². The van der Waals surface area contributed by atoms with Crippen molar-refractivity contribution in [2.75, 3.05) is 11.6 Å². The summed E-state index contributed by atoms with van der Waals surface area (Å²) in [6, 6.07) is -0.136. The number of thioether (sulfide) groups is 1. The van der Waals surface area contributed by atoms with Gasteiger partial charge in [-0.15, -0.1) is 6.58 Å². The normalized spacial score (nSPS) is 11.9. The van der Waals surface area contributed by atoms with Crippen LogP contribution in [0.15, 0.2) is 17.8 Å². The number of carbonyl (C=O) groups excluding carboxylic acids is 1. The van der Waals surface area contributed by atoms with Gasteiger partial charge in [-0.3, -0.25) is 5.32 Å². The number of urea groups is 1. The molecule has 5 nitrogen and oxygen atoms in total. The van der Waals surface area contributed by atoms with Crippen molar-refractivity contribution in [2.24, 2.45) is 0 Å². The van der Waals surface area contributed by atoms with E-state index in [4.69, 9.17) is 0 Å². The molecule has 7 heteroatoms. The first-order chi connectivity index (χ1) is 8.19. The fraction of sp³-hybridized carbons (Fsp3) is 0.500. The lowest BCUT2D eigenvalue weighted by Gasteiger charge is -2.14. The highest BCUT2D eigenvalue weighted by molar-refractivity contribution is 7.98. The lowest BCUT2D eigenvalue weighted by Crippen LogP contribution is -2.37. The lowest BCUT2D eigenvalue weighted by molar-refractivity contribution is 0.248. The fourth-order valence-corrected chi connectivity index (χ4v) is 2.31. The van der Waals surface area contributed by atoms with E-state index in [-0.39, 0.29) is 12.1 Å². The molecule has 0 aromatic carbocycles. The van der Waals surface area contributed by atoms with E-state index in [2.05, 4.69) is 26.6 Å². The van der Waals surface area contributed by atoms with Crippen LogP contribution < -0.4 is 10.6 Å². The Morgan fingerprint density at radius 3 is 3.00 bits per heavy atom. The van der Waals surface area contributed by atoms with Gasteiger partial charge < -0.3 is 5.32 Å². The second-order valence-electron chi connectivity index (χ2n) is 3.31. The fourth-order valence-electron chi connectivity index (χ4n) is 1.19. The van der Waals surface area contributed by atoms with Crippen molar-refractivity contribution in [1.82, 2.24) is 14.7 Å². The Morgan fingerprint density at radius 1 is 1.71 bits per heavy atom. The molecular formula is C10H16N4OS2. The Bertz CT molecular complexity index is 380. The van der Waals surface area contributed by atoms with Crippen molar-refractivity contribution >= 4 is 34.5 Å². The Balaban J connectivity index is 2.45. The predicted molar refractivity (Wildman–Crippen MR) is 72.7 cm³/mol. The molecule has 0 saturated carbocycles. The number of anilines is 1. The Labute approximate surface area is 109 Å². The number of hydrogen-bond acceptors (Lipinski definition) is 5. The van der Waals surface area contributed by atoms with Gasteiger partial charge in [0.15, 0.2) is 0 Å². The maximum absolute atomic E-state index is 11.6. The summed E-state index contributed by atoms with van der Waals surface area (Å²) in [5.74, 6) is 0. The topological polar surface area (TPSA) is 66.9 Å². The summed E-state index contributed by atoms with van der Waals surface area (Å²) in [7, 11) is 0. The quantitative estimate of drug-likeness (QED) is 0.617. The Morgan fingerprint density at radius 2 is 2.47 bits per heavy atom. The summed E-state index contributed by atoms with van der Waals surface area (Å²) >= 11 is 2.62. The molecule has 2 amide bonds. The largest absolute Gasteiger partial charge is 0.335 e. The predicted octanol–water partition coefficient (Wildman–Crippen LogP) is 2.74. The van der Waals surface area contributed by atoms with Crippen LogP contribution in [0.2, 0.25) is 0 Å². The molecule has 0 aliphatic rings. The van der Waals surface area contributed by atoms with Crippen molar-refractivity contribution < 1.29 is 4.79 Å². The summed E-state index contributed by atoms with van der Waals surface area (Å²) in [6.07, 6.45) is 5.32. The number of rotatable bonds is 6.